The summed E-state index contributed by atoms with van der Waals surface area (Å²) >= 11 is 0. The first-order valence-electron chi connectivity index (χ1n) is 18.2. The molecule has 4 aromatic rings. The largest absolute Gasteiger partial charge is 0.508 e. The number of rotatable bonds is 3. The fourth-order valence-corrected chi connectivity index (χ4v) is 7.26. The summed E-state index contributed by atoms with van der Waals surface area (Å²) in [6.45, 7) is 0. The van der Waals surface area contributed by atoms with Crippen molar-refractivity contribution >= 4 is 39.7 Å². The highest BCUT2D eigenvalue weighted by Crippen LogP contribution is 2.27. The van der Waals surface area contributed by atoms with E-state index in [-0.39, 0.29) is 40.0 Å². The van der Waals surface area contributed by atoms with Gasteiger partial charge in [0.1, 0.15) is 28.8 Å². The predicted octanol–water partition coefficient (Wildman–Crippen LogP) is 7.14. The summed E-state index contributed by atoms with van der Waals surface area (Å²) in [6.07, 6.45) is 11.6. The number of halogens is 2. The van der Waals surface area contributed by atoms with Gasteiger partial charge in [-0.15, -0.1) is 34.0 Å². The van der Waals surface area contributed by atoms with Crippen molar-refractivity contribution < 1.29 is 24.1 Å². The van der Waals surface area contributed by atoms with E-state index in [2.05, 4.69) is 30.3 Å². The minimum Gasteiger partial charge on any atom is -0.508 e. The van der Waals surface area contributed by atoms with Crippen LogP contribution in [0.1, 0.15) is 70.2 Å². The second-order valence-electron chi connectivity index (χ2n) is 14.1. The number of fused-ring (bicyclic) bond motifs is 4. The fourth-order valence-electron chi connectivity index (χ4n) is 7.26. The molecule has 8 nitrogen and oxygen atoms in total. The number of phenols is 1. The molecule has 288 valence electrons. The van der Waals surface area contributed by atoms with Gasteiger partial charge in [-0.1, -0.05) is 24.3 Å². The summed E-state index contributed by atoms with van der Waals surface area (Å²) in [5, 5.41) is 9.23. The monoisotopic (exact) mass is 853 g/mol. The molecule has 4 aliphatic rings. The predicted molar refractivity (Wildman–Crippen MR) is 225 cm³/mol. The average molecular weight is 856 g/mol. The summed E-state index contributed by atoms with van der Waals surface area (Å²) in [7, 11) is 5.04. The van der Waals surface area contributed by atoms with Crippen LogP contribution in [0.5, 0.6) is 23.0 Å². The number of benzene rings is 4. The number of carbonyl (C=O) groups is 1. The van der Waals surface area contributed by atoms with Crippen LogP contribution in [0, 0.1) is 0 Å². The van der Waals surface area contributed by atoms with Gasteiger partial charge in [0.25, 0.3) is 0 Å². The van der Waals surface area contributed by atoms with Crippen molar-refractivity contribution in [3.8, 4) is 23.0 Å². The van der Waals surface area contributed by atoms with E-state index in [1.54, 1.807) is 27.4 Å². The number of aromatic hydroxyl groups is 1. The van der Waals surface area contributed by atoms with Gasteiger partial charge in [-0.25, -0.2) is 0 Å². The van der Waals surface area contributed by atoms with E-state index in [9.17, 15) is 9.90 Å². The van der Waals surface area contributed by atoms with Crippen LogP contribution in [-0.4, -0.2) is 50.3 Å². The van der Waals surface area contributed by atoms with E-state index in [0.29, 0.717) is 36.5 Å². The highest BCUT2D eigenvalue weighted by molar-refractivity contribution is 8.93. The van der Waals surface area contributed by atoms with Crippen LogP contribution in [0.3, 0.4) is 0 Å². The van der Waals surface area contributed by atoms with Crippen LogP contribution >= 0.6 is 34.0 Å². The molecule has 0 spiro atoms. The quantitative estimate of drug-likeness (QED) is 0.171. The van der Waals surface area contributed by atoms with Gasteiger partial charge in [-0.2, -0.15) is 0 Å². The highest BCUT2D eigenvalue weighted by atomic mass is 79.9. The number of Topliss-reactive ketones (excluding diaryl/α,β-unsaturated/α-hetero) is 1. The molecule has 10 heteroatoms. The van der Waals surface area contributed by atoms with Crippen LogP contribution in [0.4, 0.5) is 0 Å². The van der Waals surface area contributed by atoms with Crippen molar-refractivity contribution in [3.05, 3.63) is 117 Å². The summed E-state index contributed by atoms with van der Waals surface area (Å²) in [6, 6.07) is 25.1. The van der Waals surface area contributed by atoms with Gasteiger partial charge < -0.3 is 36.5 Å². The summed E-state index contributed by atoms with van der Waals surface area (Å²) in [5.41, 5.74) is 28.2. The van der Waals surface area contributed by atoms with Gasteiger partial charge in [0.05, 0.1) is 21.3 Å². The average Bonchev–Trinajstić information content (AvgIpc) is 3.14. The van der Waals surface area contributed by atoms with Crippen LogP contribution in [0.2, 0.25) is 0 Å². The number of aryl methyl sites for hydroxylation is 4. The lowest BCUT2D eigenvalue weighted by atomic mass is 9.89. The Morgan fingerprint density at radius 3 is 1.26 bits per heavy atom. The van der Waals surface area contributed by atoms with Gasteiger partial charge in [0, 0.05) is 31.0 Å². The number of carbonyl (C=O) groups excluding carboxylic acids is 1. The third-order valence-electron chi connectivity index (χ3n) is 10.3. The summed E-state index contributed by atoms with van der Waals surface area (Å²) in [4.78, 5) is 11.2. The minimum atomic E-state index is 0. The first kappa shape index (κ1) is 44.0. The molecule has 0 radical (unpaired) electrons. The lowest BCUT2D eigenvalue weighted by Crippen LogP contribution is -2.27. The minimum absolute atomic E-state index is 0. The lowest BCUT2D eigenvalue weighted by molar-refractivity contribution is -0.118. The van der Waals surface area contributed by atoms with E-state index in [4.69, 9.17) is 31.4 Å². The van der Waals surface area contributed by atoms with Gasteiger partial charge >= 0.3 is 0 Å². The third-order valence-corrected chi connectivity index (χ3v) is 10.3. The Labute approximate surface area is 336 Å². The molecule has 3 atom stereocenters. The van der Waals surface area contributed by atoms with Gasteiger partial charge in [0.2, 0.25) is 0 Å². The zero-order chi connectivity index (χ0) is 36.3. The second kappa shape index (κ2) is 21.5. The van der Waals surface area contributed by atoms with E-state index >= 15 is 0 Å². The first-order valence-corrected chi connectivity index (χ1v) is 18.2. The normalized spacial score (nSPS) is 19.0. The molecule has 0 saturated heterocycles. The Morgan fingerprint density at radius 2 is 0.849 bits per heavy atom. The van der Waals surface area contributed by atoms with Crippen molar-refractivity contribution in [3.63, 3.8) is 0 Å². The Hall–Kier alpha value is -3.41. The molecule has 53 heavy (non-hydrogen) atoms. The molecular weight excluding hydrogens is 798 g/mol. The van der Waals surface area contributed by atoms with E-state index in [1.807, 2.05) is 36.4 Å². The molecule has 4 aromatic carbocycles. The molecule has 7 N–H and O–H groups in total. The van der Waals surface area contributed by atoms with Gasteiger partial charge in [0.15, 0.2) is 0 Å². The van der Waals surface area contributed by atoms with Crippen molar-refractivity contribution in [1.29, 1.82) is 0 Å². The number of ketones is 1. The highest BCUT2D eigenvalue weighted by Gasteiger charge is 2.18. The zero-order valence-corrected chi connectivity index (χ0v) is 34.7. The maximum absolute atomic E-state index is 11.2. The Kier molecular flexibility index (Phi) is 17.8. The Morgan fingerprint density at radius 1 is 0.491 bits per heavy atom. The number of nitrogens with two attached hydrogens (primary N) is 3. The number of methoxy groups -OCH3 is 3. The standard InChI is InChI=1S/2C11H15NO.C11H12O2.C10H13NO.2BrH/c3*1-13-11-5-3-8-2-4-10(12)6-9(8)7-11;11-9-3-1-7-2-4-10(12)6-8(7)5-9;;/h2*3,5,7,10H,2,4,6,12H2,1H3;3,5,7H,2,4,6H2,1H3;2,4,6,9,12H,1,3,5,11H2;2*1H/t10-;;;9-;;/m1..1../s1. The topological polar surface area (TPSA) is 143 Å². The molecule has 0 amide bonds. The fraction of sp³-hybridized carbons (Fsp3) is 0.419. The van der Waals surface area contributed by atoms with E-state index in [0.717, 1.165) is 87.0 Å². The van der Waals surface area contributed by atoms with Crippen molar-refractivity contribution in [2.24, 2.45) is 17.2 Å². The molecule has 1 unspecified atom stereocenters. The first-order chi connectivity index (χ1) is 24.6. The number of phenolic OH excluding ortho intramolecular Hbond substituents is 1. The van der Waals surface area contributed by atoms with Crippen LogP contribution in [0.25, 0.3) is 0 Å². The second-order valence-corrected chi connectivity index (χ2v) is 14.1. The molecule has 0 fully saturated rings. The zero-order valence-electron chi connectivity index (χ0n) is 31.3. The smallest absolute Gasteiger partial charge is 0.137 e. The van der Waals surface area contributed by atoms with Crippen molar-refractivity contribution in [2.45, 2.75) is 95.2 Å². The van der Waals surface area contributed by atoms with E-state index in [1.165, 1.54) is 38.9 Å². The Balaban J connectivity index is 0.000000188. The molecule has 4 aliphatic carbocycles. The molecular formula is C43H57Br2N3O5. The third kappa shape index (κ3) is 12.9. The van der Waals surface area contributed by atoms with Gasteiger partial charge in [-0.05, 0) is 157 Å². The number of hydrogen-bond acceptors (Lipinski definition) is 8. The van der Waals surface area contributed by atoms with Crippen LogP contribution in [-0.2, 0) is 56.2 Å². The molecule has 0 bridgehead atoms. The molecule has 0 saturated carbocycles. The van der Waals surface area contributed by atoms with E-state index < -0.39 is 0 Å². The van der Waals surface area contributed by atoms with Crippen LogP contribution < -0.4 is 31.4 Å². The van der Waals surface area contributed by atoms with Gasteiger partial charge in [-0.3, -0.25) is 4.79 Å². The maximum Gasteiger partial charge on any atom is 0.137 e. The molecule has 0 aromatic heterocycles. The number of ether oxygens (including phenoxy) is 3. The SMILES string of the molecule is Br.Br.COc1ccc2c(c1)CC(=O)CC2.COc1ccc2c(c1)CC(N)CC2.COc1ccc2c(c1)C[C@H](N)CC2.N[C@@H]1CCc2ccc(O)cc2C1. The maximum atomic E-state index is 11.2. The number of hydrogen-bond donors (Lipinski definition) is 4. The molecule has 0 aliphatic heterocycles. The summed E-state index contributed by atoms with van der Waals surface area (Å²) in [5.74, 6) is 3.40. The lowest BCUT2D eigenvalue weighted by Gasteiger charge is -2.21. The van der Waals surface area contributed by atoms with Crippen molar-refractivity contribution in [2.75, 3.05) is 21.3 Å². The van der Waals surface area contributed by atoms with Crippen LogP contribution in [0.15, 0.2) is 72.8 Å². The molecule has 0 heterocycles. The Bertz CT molecular complexity index is 1720. The summed E-state index contributed by atoms with van der Waals surface area (Å²) < 4.78 is 15.5. The van der Waals surface area contributed by atoms with Crippen molar-refractivity contribution in [1.82, 2.24) is 0 Å². The molecule has 8 rings (SSSR count).